The van der Waals surface area contributed by atoms with Crippen molar-refractivity contribution in [3.63, 3.8) is 0 Å². The Kier molecular flexibility index (Phi) is 2.64. The van der Waals surface area contributed by atoms with Crippen LogP contribution in [0.15, 0.2) is 40.6 Å². The molecule has 0 spiro atoms. The van der Waals surface area contributed by atoms with Gasteiger partial charge in [-0.2, -0.15) is 0 Å². The molecule has 0 atom stereocenters. The standard InChI is InChI=1S/C12H11N5S/c1-7-16-10(13)12(17-7)18-11-8-4-2-3-5-9(8)14-6-15-11/h2-6H,13H2,1H3,(H,16,17). The lowest BCUT2D eigenvalue weighted by Crippen LogP contribution is -1.89. The molecule has 5 nitrogen and oxygen atoms in total. The van der Waals surface area contributed by atoms with E-state index in [2.05, 4.69) is 19.9 Å². The summed E-state index contributed by atoms with van der Waals surface area (Å²) in [5.41, 5.74) is 6.77. The topological polar surface area (TPSA) is 80.5 Å². The van der Waals surface area contributed by atoms with Crippen LogP contribution in [0.3, 0.4) is 0 Å². The number of hydrogen-bond donors (Lipinski definition) is 2. The molecule has 1 aromatic carbocycles. The quantitative estimate of drug-likeness (QED) is 0.689. The molecule has 0 aliphatic heterocycles. The Hall–Kier alpha value is -2.08. The molecule has 0 amide bonds. The Bertz CT molecular complexity index is 701. The van der Waals surface area contributed by atoms with Gasteiger partial charge < -0.3 is 10.7 Å². The molecule has 0 fully saturated rings. The number of rotatable bonds is 2. The van der Waals surface area contributed by atoms with Crippen molar-refractivity contribution >= 4 is 28.5 Å². The van der Waals surface area contributed by atoms with Gasteiger partial charge in [-0.15, -0.1) is 0 Å². The highest BCUT2D eigenvalue weighted by Crippen LogP contribution is 2.32. The molecule has 3 N–H and O–H groups in total. The van der Waals surface area contributed by atoms with Gasteiger partial charge in [0.05, 0.1) is 5.52 Å². The first-order valence-electron chi connectivity index (χ1n) is 5.44. The Balaban J connectivity index is 2.07. The van der Waals surface area contributed by atoms with E-state index in [4.69, 9.17) is 5.73 Å². The van der Waals surface area contributed by atoms with Gasteiger partial charge in [-0.3, -0.25) is 0 Å². The number of anilines is 1. The SMILES string of the molecule is Cc1nc(Sc2ncnc3ccccc23)c(N)[nH]1. The molecular weight excluding hydrogens is 246 g/mol. The van der Waals surface area contributed by atoms with Crippen LogP contribution in [0.4, 0.5) is 5.82 Å². The Morgan fingerprint density at radius 3 is 2.78 bits per heavy atom. The lowest BCUT2D eigenvalue weighted by molar-refractivity contribution is 1.08. The van der Waals surface area contributed by atoms with Crippen LogP contribution in [0.1, 0.15) is 5.82 Å². The van der Waals surface area contributed by atoms with Gasteiger partial charge in [0.15, 0.2) is 0 Å². The third-order valence-electron chi connectivity index (χ3n) is 2.51. The molecule has 0 radical (unpaired) electrons. The average Bonchev–Trinajstić information content (AvgIpc) is 2.68. The molecular formula is C12H11N5S. The number of nitrogen functional groups attached to an aromatic ring is 1. The maximum Gasteiger partial charge on any atom is 0.145 e. The normalized spacial score (nSPS) is 10.9. The molecule has 2 heterocycles. The van der Waals surface area contributed by atoms with Crippen LogP contribution in [0, 0.1) is 6.92 Å². The van der Waals surface area contributed by atoms with Crippen molar-refractivity contribution in [3.05, 3.63) is 36.4 Å². The fourth-order valence-electron chi connectivity index (χ4n) is 1.72. The highest BCUT2D eigenvalue weighted by atomic mass is 32.2. The van der Waals surface area contributed by atoms with Gasteiger partial charge in [0.1, 0.15) is 28.0 Å². The molecule has 6 heteroatoms. The lowest BCUT2D eigenvalue weighted by atomic mass is 10.2. The number of aryl methyl sites for hydroxylation is 1. The Morgan fingerprint density at radius 1 is 1.17 bits per heavy atom. The van der Waals surface area contributed by atoms with Crippen molar-refractivity contribution < 1.29 is 0 Å². The van der Waals surface area contributed by atoms with Crippen molar-refractivity contribution in [3.8, 4) is 0 Å². The minimum atomic E-state index is 0.570. The van der Waals surface area contributed by atoms with E-state index in [-0.39, 0.29) is 0 Å². The first kappa shape index (κ1) is 11.0. The van der Waals surface area contributed by atoms with E-state index in [1.54, 1.807) is 6.33 Å². The fourth-order valence-corrected chi connectivity index (χ4v) is 2.63. The molecule has 0 saturated carbocycles. The summed E-state index contributed by atoms with van der Waals surface area (Å²) in [5, 5.41) is 2.61. The van der Waals surface area contributed by atoms with E-state index in [1.165, 1.54) is 11.8 Å². The summed E-state index contributed by atoms with van der Waals surface area (Å²) in [7, 11) is 0. The minimum Gasteiger partial charge on any atom is -0.383 e. The summed E-state index contributed by atoms with van der Waals surface area (Å²) >= 11 is 1.45. The third-order valence-corrected chi connectivity index (χ3v) is 3.54. The maximum absolute atomic E-state index is 5.85. The largest absolute Gasteiger partial charge is 0.383 e. The van der Waals surface area contributed by atoms with E-state index < -0.39 is 0 Å². The summed E-state index contributed by atoms with van der Waals surface area (Å²) in [6.07, 6.45) is 1.56. The first-order valence-corrected chi connectivity index (χ1v) is 6.25. The average molecular weight is 257 g/mol. The number of nitrogens with two attached hydrogens (primary N) is 1. The van der Waals surface area contributed by atoms with Crippen LogP contribution in [0.5, 0.6) is 0 Å². The minimum absolute atomic E-state index is 0.570. The van der Waals surface area contributed by atoms with Gasteiger partial charge in [-0.1, -0.05) is 18.2 Å². The number of imidazole rings is 1. The second-order valence-corrected chi connectivity index (χ2v) is 4.82. The smallest absolute Gasteiger partial charge is 0.145 e. The van der Waals surface area contributed by atoms with E-state index in [1.807, 2.05) is 31.2 Å². The number of para-hydroxylation sites is 1. The molecule has 0 unspecified atom stereocenters. The fraction of sp³-hybridized carbons (Fsp3) is 0.0833. The van der Waals surface area contributed by atoms with E-state index in [0.717, 1.165) is 26.8 Å². The molecule has 0 aliphatic rings. The van der Waals surface area contributed by atoms with Gasteiger partial charge in [-0.05, 0) is 24.8 Å². The highest BCUT2D eigenvalue weighted by Gasteiger charge is 2.10. The van der Waals surface area contributed by atoms with Gasteiger partial charge >= 0.3 is 0 Å². The second-order valence-electron chi connectivity index (χ2n) is 3.84. The van der Waals surface area contributed by atoms with Gasteiger partial charge in [0.2, 0.25) is 0 Å². The van der Waals surface area contributed by atoms with Crippen molar-refractivity contribution in [2.45, 2.75) is 17.0 Å². The molecule has 0 aliphatic carbocycles. The van der Waals surface area contributed by atoms with E-state index in [9.17, 15) is 0 Å². The summed E-state index contributed by atoms with van der Waals surface area (Å²) in [6, 6.07) is 7.87. The van der Waals surface area contributed by atoms with Crippen LogP contribution in [-0.4, -0.2) is 19.9 Å². The third kappa shape index (κ3) is 1.91. The molecule has 3 aromatic rings. The molecule has 18 heavy (non-hydrogen) atoms. The summed E-state index contributed by atoms with van der Waals surface area (Å²) in [4.78, 5) is 15.8. The van der Waals surface area contributed by atoms with Gasteiger partial charge in [-0.25, -0.2) is 15.0 Å². The van der Waals surface area contributed by atoms with Crippen molar-refractivity contribution in [1.82, 2.24) is 19.9 Å². The predicted molar refractivity (Wildman–Crippen MR) is 71.4 cm³/mol. The predicted octanol–water partition coefficient (Wildman–Crippen LogP) is 2.39. The molecule has 90 valence electrons. The van der Waals surface area contributed by atoms with Crippen LogP contribution in [-0.2, 0) is 0 Å². The highest BCUT2D eigenvalue weighted by molar-refractivity contribution is 7.99. The van der Waals surface area contributed by atoms with Crippen LogP contribution in [0.25, 0.3) is 10.9 Å². The van der Waals surface area contributed by atoms with Crippen molar-refractivity contribution in [1.29, 1.82) is 0 Å². The summed E-state index contributed by atoms with van der Waals surface area (Å²) in [6.45, 7) is 1.87. The number of hydrogen-bond acceptors (Lipinski definition) is 5. The number of benzene rings is 1. The zero-order valence-corrected chi connectivity index (χ0v) is 10.5. The lowest BCUT2D eigenvalue weighted by Gasteiger charge is -2.02. The number of aromatic amines is 1. The van der Waals surface area contributed by atoms with Gasteiger partial charge in [0, 0.05) is 5.39 Å². The van der Waals surface area contributed by atoms with Gasteiger partial charge in [0.25, 0.3) is 0 Å². The Morgan fingerprint density at radius 2 is 2.00 bits per heavy atom. The van der Waals surface area contributed by atoms with Crippen LogP contribution in [0.2, 0.25) is 0 Å². The van der Waals surface area contributed by atoms with E-state index in [0.29, 0.717) is 5.82 Å². The van der Waals surface area contributed by atoms with Crippen molar-refractivity contribution in [2.24, 2.45) is 0 Å². The number of fused-ring (bicyclic) bond motifs is 1. The van der Waals surface area contributed by atoms with Crippen LogP contribution >= 0.6 is 11.8 Å². The molecule has 0 bridgehead atoms. The van der Waals surface area contributed by atoms with Crippen molar-refractivity contribution in [2.75, 3.05) is 5.73 Å². The monoisotopic (exact) mass is 257 g/mol. The summed E-state index contributed by atoms with van der Waals surface area (Å²) < 4.78 is 0. The van der Waals surface area contributed by atoms with Crippen LogP contribution < -0.4 is 5.73 Å². The molecule has 3 rings (SSSR count). The zero-order chi connectivity index (χ0) is 12.5. The zero-order valence-electron chi connectivity index (χ0n) is 9.71. The Labute approximate surface area is 108 Å². The second kappa shape index (κ2) is 4.30. The first-order chi connectivity index (χ1) is 8.74. The van der Waals surface area contributed by atoms with E-state index >= 15 is 0 Å². The molecule has 2 aromatic heterocycles. The number of aromatic nitrogens is 4. The molecule has 0 saturated heterocycles. The maximum atomic E-state index is 5.85. The number of nitrogens with one attached hydrogen (secondary N) is 1. The number of H-pyrrole nitrogens is 1. The summed E-state index contributed by atoms with van der Waals surface area (Å²) in [5.74, 6) is 1.37. The number of nitrogens with zero attached hydrogens (tertiary/aromatic N) is 3.